The third-order valence-corrected chi connectivity index (χ3v) is 4.04. The number of carbonyl (C=O) groups is 2. The molecule has 0 aliphatic rings. The normalized spacial score (nSPS) is 10.3. The van der Waals surface area contributed by atoms with Gasteiger partial charge in [-0.25, -0.2) is 0 Å². The monoisotopic (exact) mass is 356 g/mol. The maximum atomic E-state index is 13.1. The molecule has 0 aliphatic heterocycles. The van der Waals surface area contributed by atoms with Crippen molar-refractivity contribution in [3.8, 4) is 0 Å². The number of ether oxygens (including phenoxy) is 1. The van der Waals surface area contributed by atoms with Gasteiger partial charge in [-0.1, -0.05) is 74.0 Å². The first kappa shape index (κ1) is 24.7. The summed E-state index contributed by atoms with van der Waals surface area (Å²) in [5, 5.41) is 0. The van der Waals surface area contributed by atoms with Gasteiger partial charge < -0.3 is 4.74 Å². The minimum absolute atomic E-state index is 0. The molecule has 2 radical (unpaired) electrons. The third kappa shape index (κ3) is 5.86. The quantitative estimate of drug-likeness (QED) is 0.413. The van der Waals surface area contributed by atoms with E-state index in [0.717, 1.165) is 12.8 Å². The van der Waals surface area contributed by atoms with E-state index in [4.69, 9.17) is 4.74 Å². The van der Waals surface area contributed by atoms with Crippen LogP contribution in [0.1, 0.15) is 46.9 Å². The molecule has 0 saturated heterocycles. The van der Waals surface area contributed by atoms with Gasteiger partial charge >= 0.3 is 0 Å². The summed E-state index contributed by atoms with van der Waals surface area (Å²) in [5.74, 6) is -0.550. The number of hydrogen-bond donors (Lipinski definition) is 0. The van der Waals surface area contributed by atoms with Gasteiger partial charge in [-0.2, -0.15) is 0 Å². The molecule has 2 aromatic carbocycles. The van der Waals surface area contributed by atoms with Crippen LogP contribution in [0.15, 0.2) is 60.7 Å². The summed E-state index contributed by atoms with van der Waals surface area (Å²) in [4.78, 5) is 26.1. The van der Waals surface area contributed by atoms with Gasteiger partial charge in [0.15, 0.2) is 5.60 Å². The van der Waals surface area contributed by atoms with Crippen LogP contribution in [0.25, 0.3) is 0 Å². The topological polar surface area (TPSA) is 43.4 Å². The van der Waals surface area contributed by atoms with Crippen molar-refractivity contribution in [2.24, 2.45) is 0 Å². The van der Waals surface area contributed by atoms with Crippen LogP contribution in [0.2, 0.25) is 0 Å². The molecule has 3 nitrogen and oxygen atoms in total. The maximum absolute atomic E-state index is 13.1. The Labute approximate surface area is 194 Å². The van der Waals surface area contributed by atoms with Crippen molar-refractivity contribution >= 4 is 70.7 Å². The first-order valence-corrected chi connectivity index (χ1v) is 7.90. The molecule has 0 aromatic heterocycles. The molecule has 0 amide bonds. The van der Waals surface area contributed by atoms with Gasteiger partial charge in [0.25, 0.3) is 0 Å². The van der Waals surface area contributed by atoms with E-state index in [2.05, 4.69) is 0 Å². The molecule has 0 N–H and O–H groups in total. The number of carbonyl (C=O) groups excluding carboxylic acids is 2. The van der Waals surface area contributed by atoms with Gasteiger partial charge in [0, 0.05) is 77.4 Å². The first-order valence-electron chi connectivity index (χ1n) is 7.90. The van der Waals surface area contributed by atoms with Crippen LogP contribution in [-0.4, -0.2) is 83.4 Å². The summed E-state index contributed by atoms with van der Waals surface area (Å²) in [5.41, 5.74) is -0.469. The van der Waals surface area contributed by atoms with E-state index in [-0.39, 0.29) is 70.7 Å². The standard InChI is InChI=1S/C20H22O3.2Na/c1-3-4-15-20(23-2,18(21)16-11-7-5-8-12-16)19(22)17-13-9-6-10-14-17;;/h5-14H,3-4,15H2,1-2H3;;. The Bertz CT molecular complexity index is 606. The molecule has 5 heteroatoms. The van der Waals surface area contributed by atoms with Gasteiger partial charge in [-0.3, -0.25) is 9.59 Å². The zero-order valence-corrected chi connectivity index (χ0v) is 19.6. The van der Waals surface area contributed by atoms with Crippen molar-refractivity contribution in [3.63, 3.8) is 0 Å². The second-order valence-electron chi connectivity index (χ2n) is 5.52. The molecule has 25 heavy (non-hydrogen) atoms. The summed E-state index contributed by atoms with van der Waals surface area (Å²) < 4.78 is 5.57. The average molecular weight is 356 g/mol. The number of methoxy groups -OCH3 is 1. The molecule has 0 bridgehead atoms. The first-order chi connectivity index (χ1) is 11.2. The molecule has 122 valence electrons. The van der Waals surface area contributed by atoms with Crippen molar-refractivity contribution in [1.29, 1.82) is 0 Å². The van der Waals surface area contributed by atoms with Crippen LogP contribution in [0.3, 0.4) is 0 Å². The van der Waals surface area contributed by atoms with Crippen LogP contribution < -0.4 is 0 Å². The van der Waals surface area contributed by atoms with Gasteiger partial charge in [-0.05, 0) is 12.8 Å². The number of hydrogen-bond acceptors (Lipinski definition) is 3. The molecule has 0 saturated carbocycles. The minimum atomic E-state index is -1.46. The summed E-state index contributed by atoms with van der Waals surface area (Å²) in [7, 11) is 1.44. The second kappa shape index (κ2) is 12.2. The Balaban J connectivity index is 0.00000288. The number of unbranched alkanes of at least 4 members (excludes halogenated alkanes) is 1. The summed E-state index contributed by atoms with van der Waals surface area (Å²) in [6, 6.07) is 17.7. The molecule has 2 aromatic rings. The Kier molecular flexibility index (Phi) is 12.1. The number of ketones is 2. The van der Waals surface area contributed by atoms with E-state index in [1.165, 1.54) is 7.11 Å². The van der Waals surface area contributed by atoms with Gasteiger partial charge in [-0.15, -0.1) is 0 Å². The van der Waals surface area contributed by atoms with E-state index < -0.39 is 5.60 Å². The number of benzene rings is 2. The van der Waals surface area contributed by atoms with Crippen molar-refractivity contribution in [2.75, 3.05) is 7.11 Å². The van der Waals surface area contributed by atoms with Gasteiger partial charge in [0.2, 0.25) is 11.6 Å². The Morgan fingerprint density at radius 1 is 0.840 bits per heavy atom. The third-order valence-electron chi connectivity index (χ3n) is 4.04. The molecular formula is C20H22Na2O3. The molecule has 0 spiro atoms. The maximum Gasteiger partial charge on any atom is 0.202 e. The smallest absolute Gasteiger partial charge is 0.202 e. The van der Waals surface area contributed by atoms with Gasteiger partial charge in [0.1, 0.15) is 0 Å². The molecule has 0 atom stereocenters. The average Bonchev–Trinajstić information content (AvgIpc) is 2.63. The van der Waals surface area contributed by atoms with E-state index in [1.807, 2.05) is 19.1 Å². The van der Waals surface area contributed by atoms with Crippen LogP contribution >= 0.6 is 0 Å². The largest absolute Gasteiger partial charge is 0.362 e. The van der Waals surface area contributed by atoms with E-state index in [0.29, 0.717) is 17.5 Å². The zero-order valence-electron chi connectivity index (χ0n) is 15.6. The summed E-state index contributed by atoms with van der Waals surface area (Å²) in [6.07, 6.45) is 2.00. The Hall–Kier alpha value is -0.260. The predicted molar refractivity (Wildman–Crippen MR) is 102 cm³/mol. The number of Topliss-reactive ketones (excluding diaryl/α,β-unsaturated/α-hetero) is 2. The molecule has 2 rings (SSSR count). The molecule has 0 aliphatic carbocycles. The second-order valence-corrected chi connectivity index (χ2v) is 5.52. The number of rotatable bonds is 8. The van der Waals surface area contributed by atoms with Crippen LogP contribution in [0, 0.1) is 0 Å². The SMILES string of the molecule is CCCCC(OC)(C(=O)c1ccccc1)C(=O)c1ccccc1.[Na].[Na]. The summed E-state index contributed by atoms with van der Waals surface area (Å²) >= 11 is 0. The Morgan fingerprint density at radius 3 is 1.56 bits per heavy atom. The molecule has 0 unspecified atom stereocenters. The molecule has 0 fully saturated rings. The fourth-order valence-electron chi connectivity index (χ4n) is 2.69. The molecular weight excluding hydrogens is 334 g/mol. The van der Waals surface area contributed by atoms with Gasteiger partial charge in [0.05, 0.1) is 0 Å². The summed E-state index contributed by atoms with van der Waals surface area (Å²) in [6.45, 7) is 2.03. The van der Waals surface area contributed by atoms with Crippen molar-refractivity contribution < 1.29 is 14.3 Å². The van der Waals surface area contributed by atoms with Crippen molar-refractivity contribution in [1.82, 2.24) is 0 Å². The van der Waals surface area contributed by atoms with Crippen LogP contribution in [-0.2, 0) is 4.74 Å². The predicted octanol–water partition coefficient (Wildman–Crippen LogP) is 3.57. The fourth-order valence-corrected chi connectivity index (χ4v) is 2.69. The van der Waals surface area contributed by atoms with Crippen LogP contribution in [0.4, 0.5) is 0 Å². The van der Waals surface area contributed by atoms with E-state index >= 15 is 0 Å². The van der Waals surface area contributed by atoms with Crippen molar-refractivity contribution in [3.05, 3.63) is 71.8 Å². The van der Waals surface area contributed by atoms with E-state index in [1.54, 1.807) is 48.5 Å². The molecule has 0 heterocycles. The Morgan fingerprint density at radius 2 is 1.24 bits per heavy atom. The van der Waals surface area contributed by atoms with E-state index in [9.17, 15) is 9.59 Å². The zero-order chi connectivity index (χ0) is 16.7. The van der Waals surface area contributed by atoms with Crippen LogP contribution in [0.5, 0.6) is 0 Å². The van der Waals surface area contributed by atoms with Crippen molar-refractivity contribution in [2.45, 2.75) is 31.8 Å². The fraction of sp³-hybridized carbons (Fsp3) is 0.300. The minimum Gasteiger partial charge on any atom is -0.362 e.